The summed E-state index contributed by atoms with van der Waals surface area (Å²) in [7, 11) is 0. The van der Waals surface area contributed by atoms with Crippen molar-refractivity contribution in [1.82, 2.24) is 0 Å². The van der Waals surface area contributed by atoms with E-state index in [1.807, 2.05) is 146 Å². The van der Waals surface area contributed by atoms with Gasteiger partial charge in [0.1, 0.15) is 0 Å². The van der Waals surface area contributed by atoms with E-state index in [-0.39, 0.29) is 47.3 Å². The number of amides is 4. The molecule has 10 aromatic carbocycles. The molecular formula is C68H48N4O4. The van der Waals surface area contributed by atoms with E-state index in [2.05, 4.69) is 118 Å². The molecule has 0 atom stereocenters. The first-order chi connectivity index (χ1) is 37.4. The SMILES string of the molecule is O=C(Nc1ccc(NC(=O)c2ccccc2)c2c1C1c3ccccc3C2c2ccccc21)c1ccccc1.O=C(Nc1ccc(NC(=O)c2ccccc2)c2c1C1c3ccccc3C2c2ccccc21)c1ccccc1. The predicted octanol–water partition coefficient (Wildman–Crippen LogP) is 14.4. The van der Waals surface area contributed by atoms with E-state index in [4.69, 9.17) is 0 Å². The van der Waals surface area contributed by atoms with Gasteiger partial charge in [-0.05, 0) is 140 Å². The number of hydrogen-bond acceptors (Lipinski definition) is 4. The van der Waals surface area contributed by atoms with Crippen LogP contribution in [0.15, 0.2) is 243 Å². The molecule has 0 aliphatic heterocycles. The van der Waals surface area contributed by atoms with Gasteiger partial charge < -0.3 is 21.3 Å². The number of anilines is 4. The Balaban J connectivity index is 0.000000146. The second-order valence-corrected chi connectivity index (χ2v) is 19.5. The molecule has 0 aromatic heterocycles. The zero-order valence-electron chi connectivity index (χ0n) is 41.0. The van der Waals surface area contributed by atoms with Crippen LogP contribution in [-0.4, -0.2) is 23.6 Å². The molecule has 16 rings (SSSR count). The summed E-state index contributed by atoms with van der Waals surface area (Å²) in [5.74, 6) is -0.837. The van der Waals surface area contributed by atoms with Crippen molar-refractivity contribution < 1.29 is 19.2 Å². The van der Waals surface area contributed by atoms with Crippen molar-refractivity contribution in [2.45, 2.75) is 23.7 Å². The van der Waals surface area contributed by atoms with Crippen LogP contribution in [-0.2, 0) is 0 Å². The van der Waals surface area contributed by atoms with E-state index >= 15 is 0 Å². The van der Waals surface area contributed by atoms with Gasteiger partial charge in [0.15, 0.2) is 0 Å². The Morgan fingerprint density at radius 1 is 0.211 bits per heavy atom. The minimum atomic E-state index is -0.156. The van der Waals surface area contributed by atoms with Crippen molar-refractivity contribution in [3.63, 3.8) is 0 Å². The van der Waals surface area contributed by atoms with Crippen LogP contribution < -0.4 is 21.3 Å². The second kappa shape index (κ2) is 19.2. The van der Waals surface area contributed by atoms with E-state index in [0.29, 0.717) is 22.3 Å². The maximum atomic E-state index is 13.3. The molecule has 364 valence electrons. The normalized spacial score (nSPS) is 16.1. The predicted molar refractivity (Wildman–Crippen MR) is 300 cm³/mol. The zero-order valence-corrected chi connectivity index (χ0v) is 41.0. The third-order valence-corrected chi connectivity index (χ3v) is 15.3. The number of nitrogens with one attached hydrogen (secondary N) is 4. The Kier molecular flexibility index (Phi) is 11.6. The van der Waals surface area contributed by atoms with Gasteiger partial charge in [-0.1, -0.05) is 170 Å². The summed E-state index contributed by atoms with van der Waals surface area (Å²) < 4.78 is 0. The van der Waals surface area contributed by atoms with Gasteiger partial charge in [0.05, 0.1) is 0 Å². The highest BCUT2D eigenvalue weighted by molar-refractivity contribution is 6.09. The van der Waals surface area contributed by atoms with Crippen LogP contribution in [0.5, 0.6) is 0 Å². The lowest BCUT2D eigenvalue weighted by molar-refractivity contribution is 0.101. The summed E-state index contributed by atoms with van der Waals surface area (Å²) in [4.78, 5) is 53.1. The molecule has 76 heavy (non-hydrogen) atoms. The molecule has 8 nitrogen and oxygen atoms in total. The van der Waals surface area contributed by atoms with Crippen LogP contribution in [0.1, 0.15) is 132 Å². The largest absolute Gasteiger partial charge is 0.322 e. The molecule has 0 heterocycles. The highest BCUT2D eigenvalue weighted by atomic mass is 16.2. The first-order valence-electron chi connectivity index (χ1n) is 25.6. The summed E-state index contributed by atoms with van der Waals surface area (Å²) >= 11 is 0. The molecule has 0 saturated heterocycles. The monoisotopic (exact) mass is 984 g/mol. The van der Waals surface area contributed by atoms with Crippen LogP contribution in [0.4, 0.5) is 22.7 Å². The summed E-state index contributed by atoms with van der Waals surface area (Å²) in [5, 5.41) is 12.8. The van der Waals surface area contributed by atoms with Gasteiger partial charge in [-0.15, -0.1) is 0 Å². The smallest absolute Gasteiger partial charge is 0.255 e. The van der Waals surface area contributed by atoms with E-state index in [1.54, 1.807) is 0 Å². The van der Waals surface area contributed by atoms with E-state index in [1.165, 1.54) is 44.5 Å². The van der Waals surface area contributed by atoms with Gasteiger partial charge in [-0.25, -0.2) is 0 Å². The number of carbonyl (C=O) groups excluding carboxylic acids is 4. The van der Waals surface area contributed by atoms with Crippen LogP contribution in [0.3, 0.4) is 0 Å². The van der Waals surface area contributed by atoms with Gasteiger partial charge >= 0.3 is 0 Å². The van der Waals surface area contributed by atoms with Crippen LogP contribution >= 0.6 is 0 Å². The molecule has 8 heteroatoms. The summed E-state index contributed by atoms with van der Waals surface area (Å²) in [6, 6.07) is 78.8. The van der Waals surface area contributed by atoms with Gasteiger partial charge in [0.25, 0.3) is 23.6 Å². The standard InChI is InChI=1S/2C34H24N2O2/c2*37-33(21-11-3-1-4-12-21)35-27-19-20-28(36-34(38)22-13-5-2-6-14-22)32-30-25-17-9-7-15-23(25)29(31(27)32)24-16-8-10-18-26(24)30/h2*1-20,29-30H,(H,35,37)(H,36,38). The van der Waals surface area contributed by atoms with Crippen molar-refractivity contribution in [1.29, 1.82) is 0 Å². The maximum Gasteiger partial charge on any atom is 0.255 e. The van der Waals surface area contributed by atoms with E-state index in [0.717, 1.165) is 45.0 Å². The molecule has 0 spiro atoms. The molecule has 4 amide bonds. The fraction of sp³-hybridized carbons (Fsp3) is 0.0588. The van der Waals surface area contributed by atoms with Crippen LogP contribution in [0, 0.1) is 0 Å². The van der Waals surface area contributed by atoms with Gasteiger partial charge in [-0.3, -0.25) is 19.2 Å². The molecular weight excluding hydrogens is 937 g/mol. The first kappa shape index (κ1) is 45.9. The lowest BCUT2D eigenvalue weighted by Crippen LogP contribution is -2.30. The number of rotatable bonds is 8. The molecule has 10 aromatic rings. The Hall–Kier alpha value is -9.92. The lowest BCUT2D eigenvalue weighted by atomic mass is 9.60. The van der Waals surface area contributed by atoms with Gasteiger partial charge in [0.2, 0.25) is 0 Å². The quantitative estimate of drug-likeness (QED) is 0.121. The molecule has 4 N–H and O–H groups in total. The van der Waals surface area contributed by atoms with E-state index < -0.39 is 0 Å². The number of carbonyl (C=O) groups is 4. The second-order valence-electron chi connectivity index (χ2n) is 19.5. The highest BCUT2D eigenvalue weighted by Crippen LogP contribution is 2.61. The lowest BCUT2D eigenvalue weighted by Gasteiger charge is -2.44. The molecule has 0 unspecified atom stereocenters. The number of hydrogen-bond donors (Lipinski definition) is 4. The fourth-order valence-electron chi connectivity index (χ4n) is 12.1. The maximum absolute atomic E-state index is 13.3. The first-order valence-corrected chi connectivity index (χ1v) is 25.6. The Morgan fingerprint density at radius 3 is 0.539 bits per heavy atom. The van der Waals surface area contributed by atoms with Gasteiger partial charge in [0, 0.05) is 68.7 Å². The minimum Gasteiger partial charge on any atom is -0.322 e. The fourth-order valence-corrected chi connectivity index (χ4v) is 12.1. The highest BCUT2D eigenvalue weighted by Gasteiger charge is 2.46. The third-order valence-electron chi connectivity index (χ3n) is 15.3. The topological polar surface area (TPSA) is 116 Å². The molecule has 0 fully saturated rings. The Morgan fingerprint density at radius 2 is 0.368 bits per heavy atom. The molecule has 0 radical (unpaired) electrons. The van der Waals surface area contributed by atoms with Crippen molar-refractivity contribution in [2.24, 2.45) is 0 Å². The molecule has 0 saturated carbocycles. The third kappa shape index (κ3) is 7.86. The summed E-state index contributed by atoms with van der Waals surface area (Å²) in [5.41, 5.74) is 19.6. The molecule has 6 aliphatic carbocycles. The van der Waals surface area contributed by atoms with E-state index in [9.17, 15) is 19.2 Å². The Bertz CT molecular complexity index is 3330. The average Bonchev–Trinajstić information content (AvgIpc) is 3.68. The van der Waals surface area contributed by atoms with Crippen molar-refractivity contribution in [2.75, 3.05) is 21.3 Å². The van der Waals surface area contributed by atoms with Crippen molar-refractivity contribution >= 4 is 46.4 Å². The zero-order chi connectivity index (χ0) is 51.3. The summed E-state index contributed by atoms with van der Waals surface area (Å²) in [6.45, 7) is 0. The van der Waals surface area contributed by atoms with Crippen molar-refractivity contribution in [3.05, 3.63) is 332 Å². The average molecular weight is 985 g/mol. The Labute approximate surface area is 440 Å². The number of benzene rings is 10. The summed E-state index contributed by atoms with van der Waals surface area (Å²) in [6.07, 6.45) is 0. The van der Waals surface area contributed by atoms with Gasteiger partial charge in [-0.2, -0.15) is 0 Å². The van der Waals surface area contributed by atoms with Crippen LogP contribution in [0.2, 0.25) is 0 Å². The van der Waals surface area contributed by atoms with Crippen molar-refractivity contribution in [3.8, 4) is 0 Å². The minimum absolute atomic E-state index is 0.0537. The molecule has 4 bridgehead atoms. The van der Waals surface area contributed by atoms with Crippen LogP contribution in [0.25, 0.3) is 0 Å². The molecule has 6 aliphatic rings.